The fourth-order valence-corrected chi connectivity index (χ4v) is 6.08. The summed E-state index contributed by atoms with van der Waals surface area (Å²) in [5.74, 6) is 0.0635. The van der Waals surface area contributed by atoms with E-state index in [-0.39, 0.29) is 22.6 Å². The average Bonchev–Trinajstić information content (AvgIpc) is 2.82. The summed E-state index contributed by atoms with van der Waals surface area (Å²) in [7, 11) is -3.58. The normalized spacial score (nSPS) is 19.1. The van der Waals surface area contributed by atoms with Crippen LogP contribution in [0.2, 0.25) is 0 Å². The molecule has 2 N–H and O–H groups in total. The molecule has 2 aliphatic rings. The number of piperazine rings is 1. The van der Waals surface area contributed by atoms with Crippen molar-refractivity contribution in [2.24, 2.45) is 5.92 Å². The third-order valence-corrected chi connectivity index (χ3v) is 8.66. The van der Waals surface area contributed by atoms with E-state index in [4.69, 9.17) is 0 Å². The molecule has 0 saturated carbocycles. The van der Waals surface area contributed by atoms with E-state index >= 15 is 0 Å². The van der Waals surface area contributed by atoms with Gasteiger partial charge in [-0.2, -0.15) is 4.31 Å². The molecule has 0 aromatic heterocycles. The molecule has 0 atom stereocenters. The molecule has 190 valence electrons. The minimum absolute atomic E-state index is 0.0608. The molecule has 34 heavy (non-hydrogen) atoms. The number of rotatable bonds is 10. The van der Waals surface area contributed by atoms with Gasteiger partial charge in [-0.15, -0.1) is 0 Å². The summed E-state index contributed by atoms with van der Waals surface area (Å²) < 4.78 is 27.4. The first kappa shape index (κ1) is 26.6. The van der Waals surface area contributed by atoms with Gasteiger partial charge in [0.2, 0.25) is 21.8 Å². The molecule has 2 amide bonds. The summed E-state index contributed by atoms with van der Waals surface area (Å²) in [5.41, 5.74) is 0.565. The topological polar surface area (TPSA) is 102 Å². The van der Waals surface area contributed by atoms with Crippen molar-refractivity contribution in [3.8, 4) is 0 Å². The Hall–Kier alpha value is -2.01. The number of carbonyl (C=O) groups is 2. The van der Waals surface area contributed by atoms with Gasteiger partial charge < -0.3 is 20.4 Å². The van der Waals surface area contributed by atoms with Gasteiger partial charge in [0.15, 0.2) is 0 Å². The molecular formula is C24H39N5O4S. The van der Waals surface area contributed by atoms with E-state index in [2.05, 4.69) is 27.4 Å². The first-order valence-electron chi connectivity index (χ1n) is 12.4. The third-order valence-electron chi connectivity index (χ3n) is 6.75. The number of piperidine rings is 1. The second-order valence-corrected chi connectivity index (χ2v) is 11.2. The number of anilines is 1. The van der Waals surface area contributed by atoms with Crippen molar-refractivity contribution >= 4 is 27.5 Å². The monoisotopic (exact) mass is 493 g/mol. The Morgan fingerprint density at radius 1 is 0.971 bits per heavy atom. The molecule has 9 nitrogen and oxygen atoms in total. The Labute approximate surface area is 203 Å². The van der Waals surface area contributed by atoms with E-state index in [0.717, 1.165) is 45.7 Å². The zero-order valence-electron chi connectivity index (χ0n) is 20.5. The molecule has 10 heteroatoms. The molecule has 2 saturated heterocycles. The smallest absolute Gasteiger partial charge is 0.243 e. The fraction of sp³-hybridized carbons (Fsp3) is 0.667. The lowest BCUT2D eigenvalue weighted by Crippen LogP contribution is -2.46. The Bertz CT molecular complexity index is 906. The molecule has 0 bridgehead atoms. The van der Waals surface area contributed by atoms with Gasteiger partial charge in [0.05, 0.1) is 4.90 Å². The Morgan fingerprint density at radius 2 is 1.59 bits per heavy atom. The highest BCUT2D eigenvalue weighted by Crippen LogP contribution is 2.26. The summed E-state index contributed by atoms with van der Waals surface area (Å²) in [6.07, 6.45) is 2.76. The maximum absolute atomic E-state index is 12.9. The molecule has 2 aliphatic heterocycles. The van der Waals surface area contributed by atoms with E-state index < -0.39 is 10.0 Å². The lowest BCUT2D eigenvalue weighted by Gasteiger charge is -2.34. The van der Waals surface area contributed by atoms with Gasteiger partial charge in [0.25, 0.3) is 0 Å². The second kappa shape index (κ2) is 12.6. The van der Waals surface area contributed by atoms with E-state index in [1.807, 2.05) is 0 Å². The maximum Gasteiger partial charge on any atom is 0.243 e. The van der Waals surface area contributed by atoms with Gasteiger partial charge in [-0.1, -0.05) is 6.92 Å². The number of benzene rings is 1. The number of hydrogen-bond donors (Lipinski definition) is 2. The lowest BCUT2D eigenvalue weighted by molar-refractivity contribution is -0.122. The highest BCUT2D eigenvalue weighted by Gasteiger charge is 2.30. The van der Waals surface area contributed by atoms with Crippen molar-refractivity contribution in [1.82, 2.24) is 19.4 Å². The number of nitrogens with one attached hydrogen (secondary N) is 2. The van der Waals surface area contributed by atoms with Crippen molar-refractivity contribution in [1.29, 1.82) is 0 Å². The molecule has 3 rings (SSSR count). The van der Waals surface area contributed by atoms with Crippen molar-refractivity contribution in [2.45, 2.75) is 44.4 Å². The second-order valence-electron chi connectivity index (χ2n) is 9.24. The summed E-state index contributed by atoms with van der Waals surface area (Å²) in [5, 5.41) is 5.67. The van der Waals surface area contributed by atoms with Gasteiger partial charge in [-0.05, 0) is 62.5 Å². The predicted octanol–water partition coefficient (Wildman–Crippen LogP) is 1.58. The highest BCUT2D eigenvalue weighted by molar-refractivity contribution is 7.89. The van der Waals surface area contributed by atoms with E-state index in [1.165, 1.54) is 23.4 Å². The summed E-state index contributed by atoms with van der Waals surface area (Å²) in [6, 6.07) is 6.22. The van der Waals surface area contributed by atoms with Gasteiger partial charge in [0.1, 0.15) is 0 Å². The summed E-state index contributed by atoms with van der Waals surface area (Å²) in [6.45, 7) is 11.7. The van der Waals surface area contributed by atoms with Crippen LogP contribution < -0.4 is 10.6 Å². The van der Waals surface area contributed by atoms with Crippen LogP contribution in [0.15, 0.2) is 29.2 Å². The summed E-state index contributed by atoms with van der Waals surface area (Å²) >= 11 is 0. The zero-order chi connectivity index (χ0) is 24.6. The van der Waals surface area contributed by atoms with Crippen LogP contribution in [0.3, 0.4) is 0 Å². The van der Waals surface area contributed by atoms with Crippen LogP contribution in [-0.4, -0.2) is 93.2 Å². The molecule has 1 aromatic rings. The van der Waals surface area contributed by atoms with Crippen LogP contribution in [0.4, 0.5) is 5.69 Å². The van der Waals surface area contributed by atoms with Crippen LogP contribution in [0.25, 0.3) is 0 Å². The number of hydrogen-bond acceptors (Lipinski definition) is 6. The minimum atomic E-state index is -3.58. The number of sulfonamides is 1. The van der Waals surface area contributed by atoms with Crippen molar-refractivity contribution in [3.05, 3.63) is 24.3 Å². The first-order chi connectivity index (χ1) is 16.3. The SMILES string of the molecule is CCN1CCN(CCCNC(=O)CC2CCN(S(=O)(=O)c3ccc(NC(C)=O)cc3)CC2)CC1. The van der Waals surface area contributed by atoms with Gasteiger partial charge in [-0.25, -0.2) is 8.42 Å². The molecule has 0 aliphatic carbocycles. The molecular weight excluding hydrogens is 454 g/mol. The van der Waals surface area contributed by atoms with Crippen LogP contribution in [0.5, 0.6) is 0 Å². The molecule has 2 heterocycles. The molecule has 2 fully saturated rings. The highest BCUT2D eigenvalue weighted by atomic mass is 32.2. The molecule has 0 radical (unpaired) electrons. The standard InChI is InChI=1S/C24H39N5O4S/c1-3-27-15-17-28(18-16-27)12-4-11-25-24(31)19-21-9-13-29(14-10-21)34(32,33)23-7-5-22(6-8-23)26-20(2)30/h5-8,21H,3-4,9-19H2,1-2H3,(H,25,31)(H,26,30). The van der Waals surface area contributed by atoms with Gasteiger partial charge in [-0.3, -0.25) is 9.59 Å². The number of amides is 2. The Morgan fingerprint density at radius 3 is 2.18 bits per heavy atom. The Kier molecular flexibility index (Phi) is 9.87. The summed E-state index contributed by atoms with van der Waals surface area (Å²) in [4.78, 5) is 28.6. The molecule has 0 unspecified atom stereocenters. The van der Waals surface area contributed by atoms with Gasteiger partial charge >= 0.3 is 0 Å². The predicted molar refractivity (Wildman–Crippen MR) is 133 cm³/mol. The maximum atomic E-state index is 12.9. The van der Waals surface area contributed by atoms with E-state index in [1.54, 1.807) is 12.1 Å². The van der Waals surface area contributed by atoms with E-state index in [0.29, 0.717) is 44.6 Å². The van der Waals surface area contributed by atoms with E-state index in [9.17, 15) is 18.0 Å². The van der Waals surface area contributed by atoms with Crippen molar-refractivity contribution < 1.29 is 18.0 Å². The van der Waals surface area contributed by atoms with Crippen LogP contribution in [-0.2, 0) is 19.6 Å². The minimum Gasteiger partial charge on any atom is -0.356 e. The average molecular weight is 494 g/mol. The van der Waals surface area contributed by atoms with Crippen LogP contribution >= 0.6 is 0 Å². The number of carbonyl (C=O) groups excluding carboxylic acids is 2. The lowest BCUT2D eigenvalue weighted by atomic mass is 9.94. The molecule has 0 spiro atoms. The number of likely N-dealkylation sites (N-methyl/N-ethyl adjacent to an activating group) is 1. The zero-order valence-corrected chi connectivity index (χ0v) is 21.3. The fourth-order valence-electron chi connectivity index (χ4n) is 4.61. The van der Waals surface area contributed by atoms with Crippen LogP contribution in [0.1, 0.15) is 39.5 Å². The first-order valence-corrected chi connectivity index (χ1v) is 13.8. The number of nitrogens with zero attached hydrogens (tertiary/aromatic N) is 3. The third kappa shape index (κ3) is 7.76. The van der Waals surface area contributed by atoms with Gasteiger partial charge in [0, 0.05) is 64.8 Å². The van der Waals surface area contributed by atoms with Crippen LogP contribution in [0, 0.1) is 5.92 Å². The molecule has 1 aromatic carbocycles. The van der Waals surface area contributed by atoms with Crippen molar-refractivity contribution in [2.75, 3.05) is 64.2 Å². The quantitative estimate of drug-likeness (QED) is 0.480. The Balaban J connectivity index is 1.35. The largest absolute Gasteiger partial charge is 0.356 e. The van der Waals surface area contributed by atoms with Crippen molar-refractivity contribution in [3.63, 3.8) is 0 Å².